The zero-order valence-corrected chi connectivity index (χ0v) is 24.4. The van der Waals surface area contributed by atoms with Gasteiger partial charge < -0.3 is 14.6 Å². The summed E-state index contributed by atoms with van der Waals surface area (Å²) in [5.41, 5.74) is 1.07. The van der Waals surface area contributed by atoms with Gasteiger partial charge in [0.25, 0.3) is 5.91 Å². The molecule has 0 aliphatic rings. The van der Waals surface area contributed by atoms with Crippen LogP contribution in [0.4, 0.5) is 17.6 Å². The minimum absolute atomic E-state index is 0.00653. The molecule has 6 nitrogen and oxygen atoms in total. The van der Waals surface area contributed by atoms with Crippen LogP contribution in [0.1, 0.15) is 45.7 Å². The number of ether oxygens (including phenoxy) is 1. The Balaban J connectivity index is 1.64. The number of aryl methyl sites for hydroxylation is 1. The zero-order valence-electron chi connectivity index (χ0n) is 22.8. The van der Waals surface area contributed by atoms with Crippen molar-refractivity contribution in [1.82, 2.24) is 9.88 Å². The van der Waals surface area contributed by atoms with Gasteiger partial charge in [-0.05, 0) is 59.7 Å². The normalized spacial score (nSPS) is 12.9. The lowest BCUT2D eigenvalue weighted by Crippen LogP contribution is -2.31. The molecule has 0 saturated carbocycles. The Labute approximate surface area is 246 Å². The lowest BCUT2D eigenvalue weighted by atomic mass is 10.0. The second kappa shape index (κ2) is 12.8. The number of alkyl halides is 4. The average Bonchev–Trinajstić information content (AvgIpc) is 3.29. The number of hydrogen-bond donors (Lipinski definition) is 1. The van der Waals surface area contributed by atoms with Crippen LogP contribution in [0.2, 0.25) is 5.02 Å². The van der Waals surface area contributed by atoms with Gasteiger partial charge in [-0.25, -0.2) is 12.8 Å². The van der Waals surface area contributed by atoms with Crippen LogP contribution in [0, 0.1) is 0 Å². The van der Waals surface area contributed by atoms with Crippen molar-refractivity contribution >= 4 is 38.2 Å². The standard InChI is InChI=1S/C30H29ClF4N2O4S/c1-3-42(39,40)25-9-5-19(6-10-25)27(18-41-2)36-29(38)21-7-11-28-22(14-21)16-24(37(28)13-12-32)15-20-4-8-23(31)17-26(20)30(33,34)35/h4-11,14,16-17,27H,3,12-13,15,18H2,1-2H3,(H,36,38). The molecule has 0 aliphatic heterocycles. The number of benzene rings is 3. The maximum absolute atomic E-state index is 13.7. The highest BCUT2D eigenvalue weighted by Crippen LogP contribution is 2.35. The summed E-state index contributed by atoms with van der Waals surface area (Å²) in [7, 11) is -1.91. The van der Waals surface area contributed by atoms with Crippen molar-refractivity contribution in [3.8, 4) is 0 Å². The topological polar surface area (TPSA) is 77.4 Å². The SMILES string of the molecule is CCS(=O)(=O)c1ccc(C(COC)NC(=O)c2ccc3c(c2)cc(Cc2ccc(Cl)cc2C(F)(F)F)n3CCF)cc1. The molecule has 0 spiro atoms. The maximum Gasteiger partial charge on any atom is 0.416 e. The van der Waals surface area contributed by atoms with E-state index in [4.69, 9.17) is 16.3 Å². The number of nitrogens with zero attached hydrogens (tertiary/aromatic N) is 1. The molecule has 0 aliphatic carbocycles. The Bertz CT molecular complexity index is 1690. The van der Waals surface area contributed by atoms with E-state index in [2.05, 4.69) is 5.32 Å². The number of aromatic nitrogens is 1. The third-order valence-corrected chi connectivity index (χ3v) is 8.95. The van der Waals surface area contributed by atoms with E-state index in [-0.39, 0.29) is 46.4 Å². The molecular formula is C30H29ClF4N2O4S. The third-order valence-electron chi connectivity index (χ3n) is 6.97. The van der Waals surface area contributed by atoms with Gasteiger partial charge in [-0.1, -0.05) is 36.7 Å². The van der Waals surface area contributed by atoms with E-state index in [1.165, 1.54) is 31.4 Å². The first-order valence-electron chi connectivity index (χ1n) is 13.0. The molecule has 1 N–H and O–H groups in total. The van der Waals surface area contributed by atoms with E-state index in [1.54, 1.807) is 47.9 Å². The number of nitrogens with one attached hydrogen (secondary N) is 1. The van der Waals surface area contributed by atoms with Gasteiger partial charge in [-0.2, -0.15) is 13.2 Å². The molecule has 224 valence electrons. The molecule has 42 heavy (non-hydrogen) atoms. The number of methoxy groups -OCH3 is 1. The van der Waals surface area contributed by atoms with E-state index in [0.717, 1.165) is 6.07 Å². The van der Waals surface area contributed by atoms with Crippen LogP contribution in [0.25, 0.3) is 10.9 Å². The van der Waals surface area contributed by atoms with Gasteiger partial charge in [0.1, 0.15) is 6.67 Å². The molecule has 0 bridgehead atoms. The van der Waals surface area contributed by atoms with Crippen molar-refractivity contribution in [2.75, 3.05) is 26.1 Å². The molecule has 0 saturated heterocycles. The quantitative estimate of drug-likeness (QED) is 0.187. The van der Waals surface area contributed by atoms with Gasteiger partial charge in [0, 0.05) is 40.7 Å². The van der Waals surface area contributed by atoms with Crippen LogP contribution in [0.15, 0.2) is 71.6 Å². The van der Waals surface area contributed by atoms with E-state index in [0.29, 0.717) is 22.2 Å². The summed E-state index contributed by atoms with van der Waals surface area (Å²) in [5, 5.41) is 3.40. The van der Waals surface area contributed by atoms with Gasteiger partial charge >= 0.3 is 6.18 Å². The lowest BCUT2D eigenvalue weighted by Gasteiger charge is -2.19. The van der Waals surface area contributed by atoms with Crippen molar-refractivity contribution in [3.05, 3.63) is 99.7 Å². The van der Waals surface area contributed by atoms with Crippen LogP contribution in [0.3, 0.4) is 0 Å². The highest BCUT2D eigenvalue weighted by atomic mass is 35.5. The minimum Gasteiger partial charge on any atom is -0.382 e. The molecule has 1 heterocycles. The van der Waals surface area contributed by atoms with Crippen molar-refractivity contribution in [3.63, 3.8) is 0 Å². The van der Waals surface area contributed by atoms with Crippen molar-refractivity contribution in [2.24, 2.45) is 0 Å². The van der Waals surface area contributed by atoms with Gasteiger partial charge in [-0.3, -0.25) is 4.79 Å². The van der Waals surface area contributed by atoms with E-state index in [1.807, 2.05) is 0 Å². The van der Waals surface area contributed by atoms with Gasteiger partial charge in [0.05, 0.1) is 35.4 Å². The third kappa shape index (κ3) is 6.96. The fraction of sp³-hybridized carbons (Fsp3) is 0.300. The Morgan fingerprint density at radius 3 is 2.38 bits per heavy atom. The summed E-state index contributed by atoms with van der Waals surface area (Å²) in [6.07, 6.45) is -4.74. The summed E-state index contributed by atoms with van der Waals surface area (Å²) in [6, 6.07) is 15.6. The first kappa shape index (κ1) is 31.5. The van der Waals surface area contributed by atoms with Gasteiger partial charge in [0.2, 0.25) is 0 Å². The number of hydrogen-bond acceptors (Lipinski definition) is 4. The highest BCUT2D eigenvalue weighted by molar-refractivity contribution is 7.91. The number of sulfone groups is 1. The van der Waals surface area contributed by atoms with Crippen LogP contribution >= 0.6 is 11.6 Å². The number of amides is 1. The van der Waals surface area contributed by atoms with Crippen molar-refractivity contribution in [1.29, 1.82) is 0 Å². The first-order chi connectivity index (χ1) is 19.9. The molecule has 0 fully saturated rings. The number of fused-ring (bicyclic) bond motifs is 1. The van der Waals surface area contributed by atoms with Crippen molar-refractivity contribution < 1.29 is 35.5 Å². The summed E-state index contributed by atoms with van der Waals surface area (Å²) < 4.78 is 85.7. The lowest BCUT2D eigenvalue weighted by molar-refractivity contribution is -0.138. The van der Waals surface area contributed by atoms with Crippen LogP contribution in [0.5, 0.6) is 0 Å². The number of carbonyl (C=O) groups excluding carboxylic acids is 1. The number of halogens is 5. The monoisotopic (exact) mass is 624 g/mol. The maximum atomic E-state index is 13.7. The Hall–Kier alpha value is -3.41. The average molecular weight is 625 g/mol. The largest absolute Gasteiger partial charge is 0.416 e. The highest BCUT2D eigenvalue weighted by Gasteiger charge is 2.33. The Kier molecular flexibility index (Phi) is 9.64. The molecule has 3 aromatic carbocycles. The minimum atomic E-state index is -4.62. The molecule has 4 rings (SSSR count). The summed E-state index contributed by atoms with van der Waals surface area (Å²) in [6.45, 7) is 0.871. The second-order valence-corrected chi connectivity index (χ2v) is 12.4. The molecule has 1 amide bonds. The molecular weight excluding hydrogens is 596 g/mol. The Morgan fingerprint density at radius 1 is 1.05 bits per heavy atom. The predicted octanol–water partition coefficient (Wildman–Crippen LogP) is 6.78. The van der Waals surface area contributed by atoms with E-state index >= 15 is 0 Å². The molecule has 1 unspecified atom stereocenters. The number of rotatable bonds is 11. The van der Waals surface area contributed by atoms with Gasteiger partial charge in [-0.15, -0.1) is 0 Å². The molecule has 1 aromatic heterocycles. The van der Waals surface area contributed by atoms with Gasteiger partial charge in [0.15, 0.2) is 9.84 Å². The molecule has 12 heteroatoms. The summed E-state index contributed by atoms with van der Waals surface area (Å²) in [5.74, 6) is -0.480. The zero-order chi connectivity index (χ0) is 30.7. The van der Waals surface area contributed by atoms with E-state index < -0.39 is 40.2 Å². The van der Waals surface area contributed by atoms with Crippen LogP contribution in [-0.2, 0) is 33.7 Å². The first-order valence-corrected chi connectivity index (χ1v) is 15.1. The predicted molar refractivity (Wildman–Crippen MR) is 153 cm³/mol. The molecule has 4 aromatic rings. The fourth-order valence-corrected chi connectivity index (χ4v) is 5.89. The Morgan fingerprint density at radius 2 is 1.76 bits per heavy atom. The molecule has 0 radical (unpaired) electrons. The van der Waals surface area contributed by atoms with E-state index in [9.17, 15) is 30.8 Å². The fourth-order valence-electron chi connectivity index (χ4n) is 4.83. The van der Waals surface area contributed by atoms with Crippen LogP contribution in [-0.4, -0.2) is 45.0 Å². The second-order valence-electron chi connectivity index (χ2n) is 9.68. The summed E-state index contributed by atoms with van der Waals surface area (Å²) in [4.78, 5) is 13.4. The molecule has 1 atom stereocenters. The number of carbonyl (C=O) groups is 1. The van der Waals surface area contributed by atoms with Crippen molar-refractivity contribution in [2.45, 2.75) is 37.0 Å². The summed E-state index contributed by atoms with van der Waals surface area (Å²) >= 11 is 5.82. The van der Waals surface area contributed by atoms with Crippen LogP contribution < -0.4 is 5.32 Å². The smallest absolute Gasteiger partial charge is 0.382 e.